The molecule has 0 fully saturated rings. The van der Waals surface area contributed by atoms with Crippen LogP contribution in [0.5, 0.6) is 0 Å². The lowest BCUT2D eigenvalue weighted by molar-refractivity contribution is -0.146. The molecule has 3 N–H and O–H groups in total. The molecule has 0 heterocycles. The lowest BCUT2D eigenvalue weighted by Crippen LogP contribution is -2.47. The van der Waals surface area contributed by atoms with Crippen molar-refractivity contribution in [1.82, 2.24) is 0 Å². The van der Waals surface area contributed by atoms with Crippen molar-refractivity contribution in [2.24, 2.45) is 0 Å². The Hall–Kier alpha value is -1.41. The molecule has 0 amide bonds. The van der Waals surface area contributed by atoms with Gasteiger partial charge in [0.25, 0.3) is 10.1 Å². The zero-order valence-corrected chi connectivity index (χ0v) is 17.0. The van der Waals surface area contributed by atoms with Crippen LogP contribution in [0.15, 0.2) is 12.2 Å². The summed E-state index contributed by atoms with van der Waals surface area (Å²) >= 11 is 0. The standard InChI is InChI=1S/C19H34O7S/c1-2-3-4-5-6-7-8-9-10-11-12-13-14-15-19(18(22)23,16-17(20)21)27(24,25)26/h13-14H,2-12,15-16H2,1H3,(H,20,21)(H,22,23)(H,24,25,26). The van der Waals surface area contributed by atoms with Crippen molar-refractivity contribution in [1.29, 1.82) is 0 Å². The average Bonchev–Trinajstić information content (AvgIpc) is 2.56. The number of allylic oxidation sites excluding steroid dienone is 2. The first-order valence-electron chi connectivity index (χ1n) is 9.74. The fourth-order valence-electron chi connectivity index (χ4n) is 2.93. The molecular formula is C19H34O7S. The third-order valence-corrected chi connectivity index (χ3v) is 6.13. The van der Waals surface area contributed by atoms with Gasteiger partial charge in [0.2, 0.25) is 4.75 Å². The fraction of sp³-hybridized carbons (Fsp3) is 0.789. The first-order chi connectivity index (χ1) is 12.7. The number of hydrogen-bond donors (Lipinski definition) is 3. The largest absolute Gasteiger partial charge is 0.481 e. The van der Waals surface area contributed by atoms with Gasteiger partial charge in [-0.1, -0.05) is 76.9 Å². The lowest BCUT2D eigenvalue weighted by Gasteiger charge is -2.22. The Morgan fingerprint density at radius 1 is 0.852 bits per heavy atom. The Morgan fingerprint density at radius 2 is 1.33 bits per heavy atom. The number of hydrogen-bond acceptors (Lipinski definition) is 4. The predicted molar refractivity (Wildman–Crippen MR) is 104 cm³/mol. The van der Waals surface area contributed by atoms with Crippen LogP contribution in [0.2, 0.25) is 0 Å². The summed E-state index contributed by atoms with van der Waals surface area (Å²) < 4.78 is 29.4. The van der Waals surface area contributed by atoms with Gasteiger partial charge in [0, 0.05) is 0 Å². The number of rotatable bonds is 17. The molecule has 1 unspecified atom stereocenters. The summed E-state index contributed by atoms with van der Waals surface area (Å²) in [5.74, 6) is -3.46. The van der Waals surface area contributed by atoms with Crippen molar-refractivity contribution in [2.75, 3.05) is 0 Å². The van der Waals surface area contributed by atoms with E-state index in [1.165, 1.54) is 51.0 Å². The van der Waals surface area contributed by atoms with E-state index in [-0.39, 0.29) is 0 Å². The highest BCUT2D eigenvalue weighted by atomic mass is 32.2. The Balaban J connectivity index is 4.17. The van der Waals surface area contributed by atoms with Crippen LogP contribution in [0.25, 0.3) is 0 Å². The summed E-state index contributed by atoms with van der Waals surface area (Å²) in [5.41, 5.74) is 0. The summed E-state index contributed by atoms with van der Waals surface area (Å²) in [6, 6.07) is 0. The Labute approximate surface area is 162 Å². The van der Waals surface area contributed by atoms with Gasteiger partial charge in [-0.05, 0) is 19.3 Å². The molecule has 0 aromatic carbocycles. The maximum Gasteiger partial charge on any atom is 0.328 e. The lowest BCUT2D eigenvalue weighted by atomic mass is 9.99. The number of carboxylic acid groups (broad SMARTS) is 2. The molecule has 0 saturated heterocycles. The topological polar surface area (TPSA) is 129 Å². The second-order valence-electron chi connectivity index (χ2n) is 6.99. The molecule has 0 radical (unpaired) electrons. The van der Waals surface area contributed by atoms with Gasteiger partial charge in [-0.15, -0.1) is 0 Å². The van der Waals surface area contributed by atoms with E-state index < -0.39 is 39.6 Å². The van der Waals surface area contributed by atoms with Gasteiger partial charge in [-0.25, -0.2) is 0 Å². The molecule has 0 aliphatic carbocycles. The smallest absolute Gasteiger partial charge is 0.328 e. The number of carbonyl (C=O) groups is 2. The number of aliphatic carboxylic acids is 2. The predicted octanol–water partition coefficient (Wildman–Crippen LogP) is 4.43. The van der Waals surface area contributed by atoms with E-state index in [0.29, 0.717) is 6.42 Å². The van der Waals surface area contributed by atoms with Crippen molar-refractivity contribution in [3.63, 3.8) is 0 Å². The normalized spacial score (nSPS) is 14.3. The zero-order valence-electron chi connectivity index (χ0n) is 16.2. The summed E-state index contributed by atoms with van der Waals surface area (Å²) in [7, 11) is -5.07. The van der Waals surface area contributed by atoms with Crippen molar-refractivity contribution < 1.29 is 32.8 Å². The fourth-order valence-corrected chi connectivity index (χ4v) is 3.76. The molecule has 0 aliphatic rings. The van der Waals surface area contributed by atoms with Crippen LogP contribution < -0.4 is 0 Å². The summed E-state index contributed by atoms with van der Waals surface area (Å²) in [4.78, 5) is 22.2. The average molecular weight is 407 g/mol. The highest BCUT2D eigenvalue weighted by molar-refractivity contribution is 7.88. The van der Waals surface area contributed by atoms with Gasteiger partial charge < -0.3 is 10.2 Å². The van der Waals surface area contributed by atoms with Gasteiger partial charge in [0.1, 0.15) is 0 Å². The van der Waals surface area contributed by atoms with Gasteiger partial charge in [0.05, 0.1) is 6.42 Å². The molecule has 0 bridgehead atoms. The van der Waals surface area contributed by atoms with Crippen LogP contribution in [-0.4, -0.2) is 39.9 Å². The van der Waals surface area contributed by atoms with Gasteiger partial charge in [0.15, 0.2) is 0 Å². The minimum Gasteiger partial charge on any atom is -0.481 e. The Kier molecular flexibility index (Phi) is 13.0. The molecule has 0 saturated carbocycles. The molecule has 27 heavy (non-hydrogen) atoms. The maximum absolute atomic E-state index is 11.5. The number of unbranched alkanes of at least 4 members (excludes halogenated alkanes) is 10. The van der Waals surface area contributed by atoms with Crippen LogP contribution in [-0.2, 0) is 19.7 Å². The second-order valence-corrected chi connectivity index (χ2v) is 8.72. The van der Waals surface area contributed by atoms with Gasteiger partial charge >= 0.3 is 11.9 Å². The molecule has 158 valence electrons. The highest BCUT2D eigenvalue weighted by Gasteiger charge is 2.51. The van der Waals surface area contributed by atoms with E-state index in [1.807, 2.05) is 0 Å². The third kappa shape index (κ3) is 10.5. The van der Waals surface area contributed by atoms with E-state index in [9.17, 15) is 22.6 Å². The Bertz CT molecular complexity index is 569. The van der Waals surface area contributed by atoms with E-state index in [1.54, 1.807) is 6.08 Å². The van der Waals surface area contributed by atoms with E-state index in [2.05, 4.69) is 6.92 Å². The monoisotopic (exact) mass is 406 g/mol. The molecular weight excluding hydrogens is 372 g/mol. The molecule has 0 spiro atoms. The van der Waals surface area contributed by atoms with E-state index in [4.69, 9.17) is 10.2 Å². The molecule has 0 aromatic rings. The summed E-state index contributed by atoms with van der Waals surface area (Å²) in [6.45, 7) is 2.20. The first kappa shape index (κ1) is 25.6. The molecule has 0 aliphatic heterocycles. The quantitative estimate of drug-likeness (QED) is 0.185. The first-order valence-corrected chi connectivity index (χ1v) is 11.2. The van der Waals surface area contributed by atoms with Crippen LogP contribution in [0, 0.1) is 0 Å². The molecule has 0 aromatic heterocycles. The van der Waals surface area contributed by atoms with Crippen molar-refractivity contribution in [2.45, 2.75) is 95.1 Å². The molecule has 0 rings (SSSR count). The molecule has 8 heteroatoms. The van der Waals surface area contributed by atoms with E-state index >= 15 is 0 Å². The van der Waals surface area contributed by atoms with Crippen molar-refractivity contribution in [3.8, 4) is 0 Å². The van der Waals surface area contributed by atoms with Crippen molar-refractivity contribution >= 4 is 22.1 Å². The van der Waals surface area contributed by atoms with Gasteiger partial charge in [-0.3, -0.25) is 14.1 Å². The molecule has 1 atom stereocenters. The molecule has 7 nitrogen and oxygen atoms in total. The summed E-state index contributed by atoms with van der Waals surface area (Å²) in [5, 5.41) is 18.0. The minimum absolute atomic E-state index is 0.578. The SMILES string of the molecule is CCCCCCCCCCCCC=CCC(CC(=O)O)(C(=O)O)S(=O)(=O)O. The van der Waals surface area contributed by atoms with Crippen LogP contribution in [0.3, 0.4) is 0 Å². The van der Waals surface area contributed by atoms with Crippen LogP contribution in [0.1, 0.15) is 90.4 Å². The van der Waals surface area contributed by atoms with E-state index in [0.717, 1.165) is 19.3 Å². The van der Waals surface area contributed by atoms with Crippen molar-refractivity contribution in [3.05, 3.63) is 12.2 Å². The maximum atomic E-state index is 11.5. The summed E-state index contributed by atoms with van der Waals surface area (Å²) in [6.07, 6.45) is 13.8. The number of carboxylic acids is 2. The second kappa shape index (κ2) is 13.7. The zero-order chi connectivity index (χ0) is 20.8. The van der Waals surface area contributed by atoms with Crippen LogP contribution >= 0.6 is 0 Å². The highest BCUT2D eigenvalue weighted by Crippen LogP contribution is 2.27. The van der Waals surface area contributed by atoms with Crippen LogP contribution in [0.4, 0.5) is 0 Å². The Morgan fingerprint density at radius 3 is 1.74 bits per heavy atom. The third-order valence-electron chi connectivity index (χ3n) is 4.66. The minimum atomic E-state index is -5.07. The van der Waals surface area contributed by atoms with Gasteiger partial charge in [-0.2, -0.15) is 8.42 Å².